The van der Waals surface area contributed by atoms with Gasteiger partial charge in [0.25, 0.3) is 5.56 Å². The molecule has 6 heteroatoms. The quantitative estimate of drug-likeness (QED) is 0.851. The summed E-state index contributed by atoms with van der Waals surface area (Å²) in [6, 6.07) is 7.26. The van der Waals surface area contributed by atoms with Crippen molar-refractivity contribution in [2.24, 2.45) is 5.92 Å². The first kappa shape index (κ1) is 16.1. The van der Waals surface area contributed by atoms with E-state index in [2.05, 4.69) is 0 Å². The molecule has 0 spiro atoms. The number of piperidine rings is 1. The normalized spacial score (nSPS) is 22.1. The van der Waals surface area contributed by atoms with Gasteiger partial charge in [0.1, 0.15) is 5.76 Å². The number of carbonyl (C=O) groups is 1. The van der Waals surface area contributed by atoms with Gasteiger partial charge in [-0.2, -0.15) is 0 Å². The summed E-state index contributed by atoms with van der Waals surface area (Å²) in [4.78, 5) is 28.8. The number of amides is 1. The van der Waals surface area contributed by atoms with Crippen molar-refractivity contribution in [3.05, 3.63) is 46.6 Å². The summed E-state index contributed by atoms with van der Waals surface area (Å²) in [7, 11) is 3.82. The summed E-state index contributed by atoms with van der Waals surface area (Å²) >= 11 is 0. The molecule has 2 aliphatic rings. The summed E-state index contributed by atoms with van der Waals surface area (Å²) < 4.78 is 7.48. The lowest BCUT2D eigenvalue weighted by Crippen LogP contribution is -2.51. The van der Waals surface area contributed by atoms with Crippen molar-refractivity contribution in [2.45, 2.75) is 18.9 Å². The zero-order valence-corrected chi connectivity index (χ0v) is 14.6. The van der Waals surface area contributed by atoms with Crippen LogP contribution in [0, 0.1) is 5.92 Å². The van der Waals surface area contributed by atoms with Gasteiger partial charge >= 0.3 is 0 Å². The topological polar surface area (TPSA) is 58.7 Å². The van der Waals surface area contributed by atoms with Gasteiger partial charge in [0.05, 0.1) is 12.8 Å². The van der Waals surface area contributed by atoms with Crippen LogP contribution in [-0.4, -0.2) is 54.0 Å². The van der Waals surface area contributed by atoms with Crippen LogP contribution < -0.4 is 5.56 Å². The maximum atomic E-state index is 12.5. The number of likely N-dealkylation sites (tertiary alicyclic amines) is 1. The van der Waals surface area contributed by atoms with E-state index in [0.717, 1.165) is 30.0 Å². The second-order valence-electron chi connectivity index (χ2n) is 7.39. The number of aromatic nitrogens is 1. The van der Waals surface area contributed by atoms with Crippen LogP contribution in [0.15, 0.2) is 39.7 Å². The van der Waals surface area contributed by atoms with E-state index in [1.165, 1.54) is 0 Å². The number of carbonyl (C=O) groups excluding carboxylic acids is 1. The van der Waals surface area contributed by atoms with Gasteiger partial charge in [-0.25, -0.2) is 0 Å². The van der Waals surface area contributed by atoms with Crippen LogP contribution in [0.25, 0.3) is 11.3 Å². The van der Waals surface area contributed by atoms with E-state index in [0.29, 0.717) is 25.6 Å². The highest BCUT2D eigenvalue weighted by atomic mass is 16.3. The summed E-state index contributed by atoms with van der Waals surface area (Å²) in [5, 5.41) is 0. The van der Waals surface area contributed by atoms with Crippen LogP contribution >= 0.6 is 0 Å². The zero-order chi connectivity index (χ0) is 17.6. The lowest BCUT2D eigenvalue weighted by molar-refractivity contribution is -0.134. The predicted molar refractivity (Wildman–Crippen MR) is 94.4 cm³/mol. The van der Waals surface area contributed by atoms with Crippen molar-refractivity contribution >= 4 is 5.91 Å². The summed E-state index contributed by atoms with van der Waals surface area (Å²) in [5.41, 5.74) is 2.02. The Morgan fingerprint density at radius 3 is 2.80 bits per heavy atom. The molecule has 0 aliphatic carbocycles. The van der Waals surface area contributed by atoms with Crippen molar-refractivity contribution < 1.29 is 9.21 Å². The highest BCUT2D eigenvalue weighted by molar-refractivity contribution is 5.78. The van der Waals surface area contributed by atoms with Crippen LogP contribution in [0.3, 0.4) is 0 Å². The number of likely N-dealkylation sites (N-methyl/N-ethyl adjacent to an activating group) is 1. The van der Waals surface area contributed by atoms with Gasteiger partial charge < -0.3 is 18.8 Å². The molecule has 1 amide bonds. The third-order valence-electron chi connectivity index (χ3n) is 5.18. The van der Waals surface area contributed by atoms with Crippen LogP contribution in [0.2, 0.25) is 0 Å². The van der Waals surface area contributed by atoms with Gasteiger partial charge in [0.15, 0.2) is 0 Å². The molecule has 2 atom stereocenters. The number of rotatable bonds is 3. The SMILES string of the molecule is CN(C)CC(=O)N1C[C@@H]2C[C@H](C1)c1c(-c3ccco3)ccc(=O)n1C2. The van der Waals surface area contributed by atoms with E-state index in [9.17, 15) is 9.59 Å². The molecule has 1 fully saturated rings. The molecule has 2 aliphatic heterocycles. The van der Waals surface area contributed by atoms with E-state index in [-0.39, 0.29) is 17.4 Å². The fourth-order valence-corrected chi connectivity index (χ4v) is 4.23. The first-order valence-electron chi connectivity index (χ1n) is 8.73. The first-order valence-corrected chi connectivity index (χ1v) is 8.73. The molecule has 25 heavy (non-hydrogen) atoms. The van der Waals surface area contributed by atoms with E-state index in [1.54, 1.807) is 12.3 Å². The second kappa shape index (κ2) is 6.19. The first-order chi connectivity index (χ1) is 12.0. The van der Waals surface area contributed by atoms with Crippen molar-refractivity contribution in [2.75, 3.05) is 33.7 Å². The zero-order valence-electron chi connectivity index (χ0n) is 14.6. The van der Waals surface area contributed by atoms with Gasteiger partial charge in [-0.05, 0) is 44.6 Å². The summed E-state index contributed by atoms with van der Waals surface area (Å²) in [6.07, 6.45) is 2.67. The van der Waals surface area contributed by atoms with Gasteiger partial charge in [-0.1, -0.05) is 0 Å². The number of hydrogen-bond acceptors (Lipinski definition) is 4. The number of furan rings is 1. The Morgan fingerprint density at radius 2 is 2.08 bits per heavy atom. The minimum Gasteiger partial charge on any atom is -0.464 e. The third kappa shape index (κ3) is 2.91. The van der Waals surface area contributed by atoms with Crippen molar-refractivity contribution in [1.82, 2.24) is 14.4 Å². The van der Waals surface area contributed by atoms with Crippen molar-refractivity contribution in [3.8, 4) is 11.3 Å². The van der Waals surface area contributed by atoms with E-state index >= 15 is 0 Å². The summed E-state index contributed by atoms with van der Waals surface area (Å²) in [6.45, 7) is 2.50. The molecule has 0 radical (unpaired) electrons. The molecular formula is C19H23N3O3. The molecule has 1 saturated heterocycles. The van der Waals surface area contributed by atoms with Gasteiger partial charge in [-0.3, -0.25) is 9.59 Å². The fraction of sp³-hybridized carbons (Fsp3) is 0.474. The molecule has 0 aromatic carbocycles. The van der Waals surface area contributed by atoms with Crippen LogP contribution in [-0.2, 0) is 11.3 Å². The Hall–Kier alpha value is -2.34. The van der Waals surface area contributed by atoms with Gasteiger partial charge in [-0.15, -0.1) is 0 Å². The number of hydrogen-bond donors (Lipinski definition) is 0. The number of fused-ring (bicyclic) bond motifs is 4. The standard InChI is InChI=1S/C19H23N3O3/c1-20(2)12-18(24)21-9-13-8-14(11-21)19-15(16-4-3-7-25-16)5-6-17(23)22(19)10-13/h3-7,13-14H,8-12H2,1-2H3/t13-,14+/m0/s1. The monoisotopic (exact) mass is 341 g/mol. The minimum atomic E-state index is 0.0353. The Kier molecular flexibility index (Phi) is 4.00. The fourth-order valence-electron chi connectivity index (χ4n) is 4.23. The molecular weight excluding hydrogens is 318 g/mol. The maximum absolute atomic E-state index is 12.5. The molecule has 6 nitrogen and oxygen atoms in total. The lowest BCUT2D eigenvalue weighted by atomic mass is 9.81. The molecule has 4 heterocycles. The molecule has 2 aromatic rings. The van der Waals surface area contributed by atoms with Gasteiger partial charge in [0, 0.05) is 42.9 Å². The molecule has 0 N–H and O–H groups in total. The molecule has 0 saturated carbocycles. The average Bonchev–Trinajstić information content (AvgIpc) is 3.09. The Balaban J connectivity index is 1.72. The van der Waals surface area contributed by atoms with Crippen LogP contribution in [0.1, 0.15) is 18.0 Å². The third-order valence-corrected chi connectivity index (χ3v) is 5.18. The van der Waals surface area contributed by atoms with Crippen LogP contribution in [0.5, 0.6) is 0 Å². The molecule has 2 bridgehead atoms. The molecule has 2 aromatic heterocycles. The largest absolute Gasteiger partial charge is 0.464 e. The highest BCUT2D eigenvalue weighted by Crippen LogP contribution is 2.39. The Morgan fingerprint density at radius 1 is 1.24 bits per heavy atom. The highest BCUT2D eigenvalue weighted by Gasteiger charge is 2.38. The smallest absolute Gasteiger partial charge is 0.250 e. The van der Waals surface area contributed by atoms with Crippen LogP contribution in [0.4, 0.5) is 0 Å². The Bertz CT molecular complexity index is 838. The maximum Gasteiger partial charge on any atom is 0.250 e. The van der Waals surface area contributed by atoms with Crippen molar-refractivity contribution in [1.29, 1.82) is 0 Å². The predicted octanol–water partition coefficient (Wildman–Crippen LogP) is 1.62. The van der Waals surface area contributed by atoms with E-state index in [4.69, 9.17) is 4.42 Å². The summed E-state index contributed by atoms with van der Waals surface area (Å²) in [5.74, 6) is 1.44. The van der Waals surface area contributed by atoms with E-state index < -0.39 is 0 Å². The lowest BCUT2D eigenvalue weighted by Gasteiger charge is -2.43. The number of pyridine rings is 1. The minimum absolute atomic E-state index is 0.0353. The molecule has 0 unspecified atom stereocenters. The molecule has 4 rings (SSSR count). The average molecular weight is 341 g/mol. The van der Waals surface area contributed by atoms with Gasteiger partial charge in [0.2, 0.25) is 5.91 Å². The van der Waals surface area contributed by atoms with E-state index in [1.807, 2.05) is 46.7 Å². The second-order valence-corrected chi connectivity index (χ2v) is 7.39. The molecule has 132 valence electrons. The van der Waals surface area contributed by atoms with Crippen molar-refractivity contribution in [3.63, 3.8) is 0 Å². The Labute approximate surface area is 146 Å². The number of nitrogens with zero attached hydrogens (tertiary/aromatic N) is 3.